The number of carbonyl (C=O) groups excluding carboxylic acids is 2. The fourth-order valence-electron chi connectivity index (χ4n) is 3.08. The highest BCUT2D eigenvalue weighted by molar-refractivity contribution is 5.94. The van der Waals surface area contributed by atoms with Crippen molar-refractivity contribution in [3.63, 3.8) is 0 Å². The van der Waals surface area contributed by atoms with Crippen molar-refractivity contribution >= 4 is 11.9 Å². The van der Waals surface area contributed by atoms with Gasteiger partial charge in [-0.3, -0.25) is 4.79 Å². The molecule has 1 amide bonds. The third-order valence-corrected chi connectivity index (χ3v) is 4.75. The maximum Gasteiger partial charge on any atom is 0.341 e. The quantitative estimate of drug-likeness (QED) is 0.597. The number of esters is 1. The van der Waals surface area contributed by atoms with Gasteiger partial charge in [-0.15, -0.1) is 0 Å². The predicted molar refractivity (Wildman–Crippen MR) is 111 cm³/mol. The summed E-state index contributed by atoms with van der Waals surface area (Å²) in [5.41, 5.74) is 4.78. The molecule has 0 saturated heterocycles. The molecular weight excluding hydrogens is 366 g/mol. The van der Waals surface area contributed by atoms with E-state index in [1.165, 1.54) is 11.8 Å². The molecule has 3 rings (SSSR count). The van der Waals surface area contributed by atoms with Crippen LogP contribution in [0.3, 0.4) is 0 Å². The van der Waals surface area contributed by atoms with Crippen molar-refractivity contribution in [3.05, 3.63) is 82.7 Å². The number of aromatic nitrogens is 2. The Balaban J connectivity index is 1.73. The van der Waals surface area contributed by atoms with Crippen LogP contribution in [-0.2, 0) is 11.3 Å². The lowest BCUT2D eigenvalue weighted by Gasteiger charge is -2.18. The number of ether oxygens (including phenoxy) is 1. The van der Waals surface area contributed by atoms with E-state index < -0.39 is 0 Å². The summed E-state index contributed by atoms with van der Waals surface area (Å²) in [7, 11) is 1.79. The molecule has 29 heavy (non-hydrogen) atoms. The van der Waals surface area contributed by atoms with E-state index in [2.05, 4.69) is 5.10 Å². The molecule has 1 heterocycles. The van der Waals surface area contributed by atoms with Crippen LogP contribution in [0.4, 0.5) is 0 Å². The number of carbonyl (C=O) groups is 2. The lowest BCUT2D eigenvalue weighted by Crippen LogP contribution is -2.26. The molecule has 0 atom stereocenters. The Hall–Kier alpha value is -3.41. The second kappa shape index (κ2) is 8.73. The van der Waals surface area contributed by atoms with E-state index in [0.29, 0.717) is 30.0 Å². The second-order valence-corrected chi connectivity index (χ2v) is 6.97. The summed E-state index contributed by atoms with van der Waals surface area (Å²) < 4.78 is 6.71. The predicted octanol–water partition coefficient (Wildman–Crippen LogP) is 3.94. The minimum atomic E-state index is -0.388. The van der Waals surface area contributed by atoms with E-state index in [1.54, 1.807) is 35.7 Å². The first kappa shape index (κ1) is 20.3. The molecule has 2 aromatic carbocycles. The third-order valence-electron chi connectivity index (χ3n) is 4.75. The number of hydrogen-bond donors (Lipinski definition) is 0. The molecule has 0 aliphatic heterocycles. The van der Waals surface area contributed by atoms with E-state index in [1.807, 2.05) is 50.2 Å². The molecule has 0 fully saturated rings. The van der Waals surface area contributed by atoms with E-state index in [-0.39, 0.29) is 11.9 Å². The Morgan fingerprint density at radius 3 is 2.31 bits per heavy atom. The van der Waals surface area contributed by atoms with Crippen LogP contribution >= 0.6 is 0 Å². The van der Waals surface area contributed by atoms with Crippen LogP contribution in [0.25, 0.3) is 5.69 Å². The summed E-state index contributed by atoms with van der Waals surface area (Å²) in [6.45, 7) is 6.48. The standard InChI is InChI=1S/C23H25N3O3/c1-5-29-23(28)21-14-24-26(17(21)3)20-12-10-19(11-13-20)22(27)25(4)15-18-8-6-16(2)7-9-18/h6-14H,5,15H2,1-4H3. The third kappa shape index (κ3) is 4.54. The van der Waals surface area contributed by atoms with E-state index in [0.717, 1.165) is 11.3 Å². The van der Waals surface area contributed by atoms with Gasteiger partial charge in [-0.05, 0) is 50.6 Å². The number of hydrogen-bond acceptors (Lipinski definition) is 4. The molecule has 6 heteroatoms. The fourth-order valence-corrected chi connectivity index (χ4v) is 3.08. The zero-order chi connectivity index (χ0) is 21.0. The zero-order valence-corrected chi connectivity index (χ0v) is 17.2. The summed E-state index contributed by atoms with van der Waals surface area (Å²) in [5, 5.41) is 4.28. The van der Waals surface area contributed by atoms with Gasteiger partial charge in [0, 0.05) is 19.2 Å². The summed E-state index contributed by atoms with van der Waals surface area (Å²) in [6, 6.07) is 15.3. The van der Waals surface area contributed by atoms with Gasteiger partial charge in [-0.2, -0.15) is 5.10 Å². The average Bonchev–Trinajstić information content (AvgIpc) is 3.11. The minimum absolute atomic E-state index is 0.0541. The Labute approximate surface area is 170 Å². The van der Waals surface area contributed by atoms with Crippen molar-refractivity contribution in [1.29, 1.82) is 0 Å². The smallest absolute Gasteiger partial charge is 0.341 e. The minimum Gasteiger partial charge on any atom is -0.462 e. The normalized spacial score (nSPS) is 10.6. The first-order valence-electron chi connectivity index (χ1n) is 9.54. The maximum absolute atomic E-state index is 12.7. The first-order chi connectivity index (χ1) is 13.9. The molecule has 150 valence electrons. The first-order valence-corrected chi connectivity index (χ1v) is 9.54. The molecule has 0 saturated carbocycles. The molecule has 0 bridgehead atoms. The SMILES string of the molecule is CCOC(=O)c1cnn(-c2ccc(C(=O)N(C)Cc3ccc(C)cc3)cc2)c1C. The van der Waals surface area contributed by atoms with Crippen LogP contribution in [-0.4, -0.2) is 40.2 Å². The summed E-state index contributed by atoms with van der Waals surface area (Å²) in [4.78, 5) is 26.4. The average molecular weight is 391 g/mol. The molecular formula is C23H25N3O3. The number of nitrogens with zero attached hydrogens (tertiary/aromatic N) is 3. The molecule has 6 nitrogen and oxygen atoms in total. The van der Waals surface area contributed by atoms with Crippen molar-refractivity contribution in [3.8, 4) is 5.69 Å². The highest BCUT2D eigenvalue weighted by Gasteiger charge is 2.17. The number of rotatable bonds is 6. The Morgan fingerprint density at radius 1 is 1.03 bits per heavy atom. The Morgan fingerprint density at radius 2 is 1.69 bits per heavy atom. The van der Waals surface area contributed by atoms with Crippen molar-refractivity contribution in [2.24, 2.45) is 0 Å². The van der Waals surface area contributed by atoms with Crippen LogP contribution in [0, 0.1) is 13.8 Å². The van der Waals surface area contributed by atoms with Gasteiger partial charge in [0.2, 0.25) is 0 Å². The van der Waals surface area contributed by atoms with Gasteiger partial charge >= 0.3 is 5.97 Å². The zero-order valence-electron chi connectivity index (χ0n) is 17.2. The van der Waals surface area contributed by atoms with Gasteiger partial charge in [0.25, 0.3) is 5.91 Å². The highest BCUT2D eigenvalue weighted by Crippen LogP contribution is 2.17. The highest BCUT2D eigenvalue weighted by atomic mass is 16.5. The molecule has 0 aliphatic carbocycles. The molecule has 0 spiro atoms. The van der Waals surface area contributed by atoms with Gasteiger partial charge in [0.15, 0.2) is 0 Å². The molecule has 0 aliphatic rings. The topological polar surface area (TPSA) is 64.4 Å². The fraction of sp³-hybridized carbons (Fsp3) is 0.261. The van der Waals surface area contributed by atoms with Crippen LogP contribution in [0.2, 0.25) is 0 Å². The van der Waals surface area contributed by atoms with Crippen molar-refractivity contribution in [2.45, 2.75) is 27.3 Å². The van der Waals surface area contributed by atoms with Crippen molar-refractivity contribution < 1.29 is 14.3 Å². The Kier molecular flexibility index (Phi) is 6.12. The van der Waals surface area contributed by atoms with Gasteiger partial charge in [0.1, 0.15) is 5.56 Å². The van der Waals surface area contributed by atoms with Gasteiger partial charge in [-0.25, -0.2) is 9.48 Å². The largest absolute Gasteiger partial charge is 0.462 e. The van der Waals surface area contributed by atoms with Crippen molar-refractivity contribution in [1.82, 2.24) is 14.7 Å². The molecule has 0 unspecified atom stereocenters. The molecule has 3 aromatic rings. The summed E-state index contributed by atoms with van der Waals surface area (Å²) in [6.07, 6.45) is 1.50. The molecule has 1 aromatic heterocycles. The number of amides is 1. The summed E-state index contributed by atoms with van der Waals surface area (Å²) in [5.74, 6) is -0.442. The number of aryl methyl sites for hydroxylation is 1. The number of benzene rings is 2. The summed E-state index contributed by atoms with van der Waals surface area (Å²) >= 11 is 0. The lowest BCUT2D eigenvalue weighted by molar-refractivity contribution is 0.0525. The van der Waals surface area contributed by atoms with E-state index >= 15 is 0 Å². The van der Waals surface area contributed by atoms with Crippen LogP contribution in [0.15, 0.2) is 54.7 Å². The monoisotopic (exact) mass is 391 g/mol. The van der Waals surface area contributed by atoms with Gasteiger partial charge in [-0.1, -0.05) is 29.8 Å². The van der Waals surface area contributed by atoms with Crippen molar-refractivity contribution in [2.75, 3.05) is 13.7 Å². The van der Waals surface area contributed by atoms with Crippen LogP contribution in [0.5, 0.6) is 0 Å². The van der Waals surface area contributed by atoms with E-state index in [4.69, 9.17) is 4.74 Å². The molecule has 0 radical (unpaired) electrons. The molecule has 0 N–H and O–H groups in total. The Bertz CT molecular complexity index is 1000. The van der Waals surface area contributed by atoms with Crippen LogP contribution < -0.4 is 0 Å². The lowest BCUT2D eigenvalue weighted by atomic mass is 10.1. The maximum atomic E-state index is 12.7. The van der Waals surface area contributed by atoms with Gasteiger partial charge < -0.3 is 9.64 Å². The van der Waals surface area contributed by atoms with Crippen LogP contribution in [0.1, 0.15) is 44.5 Å². The van der Waals surface area contributed by atoms with Gasteiger partial charge in [0.05, 0.1) is 24.2 Å². The second-order valence-electron chi connectivity index (χ2n) is 6.97. The van der Waals surface area contributed by atoms with E-state index in [9.17, 15) is 9.59 Å².